The average Bonchev–Trinajstić information content (AvgIpc) is 2.94. The number of hydrogen-bond donors (Lipinski definition) is 2. The van der Waals surface area contributed by atoms with Crippen molar-refractivity contribution in [2.75, 3.05) is 51.0 Å². The lowest BCUT2D eigenvalue weighted by atomic mass is 10.3. The minimum absolute atomic E-state index is 0.274. The van der Waals surface area contributed by atoms with E-state index in [2.05, 4.69) is 10.2 Å². The predicted molar refractivity (Wildman–Crippen MR) is 75.9 cm³/mol. The topological polar surface area (TPSA) is 82.1 Å². The number of morpholine rings is 1. The van der Waals surface area contributed by atoms with E-state index in [1.165, 1.54) is 16.7 Å². The molecule has 2 heterocycles. The van der Waals surface area contributed by atoms with E-state index in [0.717, 1.165) is 39.3 Å². The van der Waals surface area contributed by atoms with E-state index in [-0.39, 0.29) is 6.03 Å². The fraction of sp³-hybridized carbons (Fsp3) is 0.833. The maximum absolute atomic E-state index is 11.9. The summed E-state index contributed by atoms with van der Waals surface area (Å²) in [7, 11) is 0. The smallest absolute Gasteiger partial charge is 0.327 e. The summed E-state index contributed by atoms with van der Waals surface area (Å²) in [5.41, 5.74) is 0. The summed E-state index contributed by atoms with van der Waals surface area (Å²) in [4.78, 5) is 26.6. The maximum atomic E-state index is 11.9. The highest BCUT2D eigenvalue weighted by atomic mass is 32.2. The quantitative estimate of drug-likeness (QED) is 0.689. The van der Waals surface area contributed by atoms with Crippen molar-refractivity contribution in [2.45, 2.75) is 12.5 Å². The van der Waals surface area contributed by atoms with E-state index >= 15 is 0 Å². The molecule has 2 fully saturated rings. The molecule has 0 aromatic rings. The molecule has 0 saturated carbocycles. The third kappa shape index (κ3) is 4.26. The minimum atomic E-state index is -0.932. The average molecular weight is 303 g/mol. The molecule has 1 atom stereocenters. The number of aliphatic carboxylic acids is 1. The first-order valence-electron chi connectivity index (χ1n) is 6.83. The van der Waals surface area contributed by atoms with Crippen LogP contribution in [0.3, 0.4) is 0 Å². The van der Waals surface area contributed by atoms with Crippen molar-refractivity contribution in [1.82, 2.24) is 15.1 Å². The van der Waals surface area contributed by atoms with Crippen LogP contribution in [0.5, 0.6) is 0 Å². The van der Waals surface area contributed by atoms with Gasteiger partial charge in [-0.2, -0.15) is 0 Å². The number of nitrogens with zero attached hydrogens (tertiary/aromatic N) is 2. The van der Waals surface area contributed by atoms with Crippen LogP contribution in [0.1, 0.15) is 6.42 Å². The Labute approximate surface area is 122 Å². The molecule has 0 spiro atoms. The third-order valence-corrected chi connectivity index (χ3v) is 4.47. The first kappa shape index (κ1) is 15.4. The zero-order chi connectivity index (χ0) is 14.4. The molecule has 20 heavy (non-hydrogen) atoms. The van der Waals surface area contributed by atoms with Gasteiger partial charge in [0.2, 0.25) is 0 Å². The summed E-state index contributed by atoms with van der Waals surface area (Å²) in [6, 6.07) is -0.969. The van der Waals surface area contributed by atoms with Crippen LogP contribution in [0.2, 0.25) is 0 Å². The molecule has 2 rings (SSSR count). The second-order valence-corrected chi connectivity index (χ2v) is 5.86. The molecule has 0 radical (unpaired) electrons. The molecule has 2 saturated heterocycles. The number of carbonyl (C=O) groups excluding carboxylic acids is 1. The standard InChI is InChI=1S/C12H21N3O4S/c16-11(17)10-8-20-9-15(10)12(18)13-2-1-3-14-4-6-19-7-5-14/h10H,1-9H2,(H,13,18)(H,16,17)/t10-/m0/s1. The van der Waals surface area contributed by atoms with Gasteiger partial charge < -0.3 is 20.1 Å². The van der Waals surface area contributed by atoms with Crippen LogP contribution < -0.4 is 5.32 Å². The number of ether oxygens (including phenoxy) is 1. The number of nitrogens with one attached hydrogen (secondary N) is 1. The van der Waals surface area contributed by atoms with Gasteiger partial charge in [0.25, 0.3) is 0 Å². The zero-order valence-electron chi connectivity index (χ0n) is 11.4. The molecule has 0 aromatic carbocycles. The summed E-state index contributed by atoms with van der Waals surface area (Å²) in [6.45, 7) is 4.94. The zero-order valence-corrected chi connectivity index (χ0v) is 12.2. The second-order valence-electron chi connectivity index (χ2n) is 4.86. The van der Waals surface area contributed by atoms with Crippen molar-refractivity contribution in [1.29, 1.82) is 0 Å². The Hall–Kier alpha value is -0.990. The number of hydrogen-bond acceptors (Lipinski definition) is 5. The highest BCUT2D eigenvalue weighted by Crippen LogP contribution is 2.20. The molecular weight excluding hydrogens is 282 g/mol. The predicted octanol–water partition coefficient (Wildman–Crippen LogP) is -0.122. The van der Waals surface area contributed by atoms with E-state index in [1.807, 2.05) is 0 Å². The van der Waals surface area contributed by atoms with Crippen LogP contribution in [0.15, 0.2) is 0 Å². The van der Waals surface area contributed by atoms with E-state index in [9.17, 15) is 9.59 Å². The van der Waals surface area contributed by atoms with Gasteiger partial charge in [0.1, 0.15) is 6.04 Å². The molecule has 2 amide bonds. The van der Waals surface area contributed by atoms with Gasteiger partial charge in [-0.05, 0) is 13.0 Å². The van der Waals surface area contributed by atoms with Gasteiger partial charge in [-0.15, -0.1) is 11.8 Å². The number of carboxylic acid groups (broad SMARTS) is 1. The Morgan fingerprint density at radius 3 is 2.80 bits per heavy atom. The van der Waals surface area contributed by atoms with Crippen LogP contribution in [-0.2, 0) is 9.53 Å². The first-order valence-corrected chi connectivity index (χ1v) is 7.99. The molecule has 0 unspecified atom stereocenters. The lowest BCUT2D eigenvalue weighted by molar-refractivity contribution is -0.140. The van der Waals surface area contributed by atoms with Crippen molar-refractivity contribution < 1.29 is 19.4 Å². The fourth-order valence-corrected chi connectivity index (χ4v) is 3.42. The lowest BCUT2D eigenvalue weighted by Gasteiger charge is -2.26. The number of urea groups is 1. The number of amides is 2. The van der Waals surface area contributed by atoms with Gasteiger partial charge in [0.05, 0.1) is 19.1 Å². The Morgan fingerprint density at radius 1 is 1.35 bits per heavy atom. The largest absolute Gasteiger partial charge is 0.480 e. The number of rotatable bonds is 5. The lowest BCUT2D eigenvalue weighted by Crippen LogP contribution is -2.47. The molecule has 2 aliphatic rings. The monoisotopic (exact) mass is 303 g/mol. The van der Waals surface area contributed by atoms with Crippen LogP contribution in [0, 0.1) is 0 Å². The van der Waals surface area contributed by atoms with Crippen molar-refractivity contribution in [2.24, 2.45) is 0 Å². The Morgan fingerprint density at radius 2 is 2.10 bits per heavy atom. The molecule has 7 nitrogen and oxygen atoms in total. The highest BCUT2D eigenvalue weighted by molar-refractivity contribution is 7.99. The van der Waals surface area contributed by atoms with Crippen LogP contribution >= 0.6 is 11.8 Å². The number of carboxylic acids is 1. The second kappa shape index (κ2) is 7.70. The summed E-state index contributed by atoms with van der Waals surface area (Å²) in [6.07, 6.45) is 0.866. The Balaban J connectivity index is 1.63. The van der Waals surface area contributed by atoms with E-state index in [0.29, 0.717) is 18.2 Å². The maximum Gasteiger partial charge on any atom is 0.327 e. The van der Waals surface area contributed by atoms with Gasteiger partial charge in [-0.1, -0.05) is 0 Å². The molecule has 114 valence electrons. The Kier molecular flexibility index (Phi) is 5.93. The summed E-state index contributed by atoms with van der Waals surface area (Å²) >= 11 is 1.47. The highest BCUT2D eigenvalue weighted by Gasteiger charge is 2.34. The van der Waals surface area contributed by atoms with E-state index in [1.54, 1.807) is 0 Å². The molecule has 0 aromatic heterocycles. The van der Waals surface area contributed by atoms with Crippen LogP contribution in [0.4, 0.5) is 4.79 Å². The molecule has 0 aliphatic carbocycles. The van der Waals surface area contributed by atoms with Gasteiger partial charge in [0.15, 0.2) is 0 Å². The van der Waals surface area contributed by atoms with Crippen molar-refractivity contribution >= 4 is 23.8 Å². The molecule has 2 N–H and O–H groups in total. The summed E-state index contributed by atoms with van der Waals surface area (Å²) < 4.78 is 5.27. The van der Waals surface area contributed by atoms with Gasteiger partial charge >= 0.3 is 12.0 Å². The normalized spacial score (nSPS) is 23.8. The van der Waals surface area contributed by atoms with Crippen LogP contribution in [0.25, 0.3) is 0 Å². The van der Waals surface area contributed by atoms with Gasteiger partial charge in [-0.25, -0.2) is 9.59 Å². The van der Waals surface area contributed by atoms with E-state index in [4.69, 9.17) is 9.84 Å². The number of thioether (sulfide) groups is 1. The molecule has 0 bridgehead atoms. The van der Waals surface area contributed by atoms with Crippen molar-refractivity contribution in [3.8, 4) is 0 Å². The van der Waals surface area contributed by atoms with Crippen molar-refractivity contribution in [3.63, 3.8) is 0 Å². The van der Waals surface area contributed by atoms with Crippen LogP contribution in [-0.4, -0.2) is 84.0 Å². The Bertz CT molecular complexity index is 350. The minimum Gasteiger partial charge on any atom is -0.480 e. The van der Waals surface area contributed by atoms with Gasteiger partial charge in [0, 0.05) is 25.4 Å². The molecule has 2 aliphatic heterocycles. The van der Waals surface area contributed by atoms with E-state index < -0.39 is 12.0 Å². The summed E-state index contributed by atoms with van der Waals surface area (Å²) in [5.74, 6) is -0.0125. The summed E-state index contributed by atoms with van der Waals surface area (Å²) in [5, 5.41) is 11.8. The molecular formula is C12H21N3O4S. The fourth-order valence-electron chi connectivity index (χ4n) is 2.27. The van der Waals surface area contributed by atoms with Gasteiger partial charge in [-0.3, -0.25) is 4.90 Å². The first-order chi connectivity index (χ1) is 9.68. The van der Waals surface area contributed by atoms with Crippen molar-refractivity contribution in [3.05, 3.63) is 0 Å². The third-order valence-electron chi connectivity index (χ3n) is 3.46. The molecule has 8 heteroatoms. The SMILES string of the molecule is O=C(O)[C@@H]1CSCN1C(=O)NCCCN1CCOCC1. The number of carbonyl (C=O) groups is 2.